The van der Waals surface area contributed by atoms with Gasteiger partial charge in [0, 0.05) is 11.6 Å². The summed E-state index contributed by atoms with van der Waals surface area (Å²) >= 11 is 0. The molecule has 0 saturated heterocycles. The van der Waals surface area contributed by atoms with Crippen LogP contribution in [0, 0.1) is 10.1 Å². The molecule has 0 amide bonds. The number of aromatic hydroxyl groups is 1. The van der Waals surface area contributed by atoms with Crippen molar-refractivity contribution in [3.05, 3.63) is 27.8 Å². The molecule has 0 aliphatic heterocycles. The third kappa shape index (κ3) is 4.09. The van der Waals surface area contributed by atoms with E-state index in [4.69, 9.17) is 10.8 Å². The number of benzene rings is 1. The number of ether oxygens (including phenoxy) is 1. The lowest BCUT2D eigenvalue weighted by Gasteiger charge is -2.22. The van der Waals surface area contributed by atoms with Crippen LogP contribution in [0.4, 0.5) is 18.9 Å². The van der Waals surface area contributed by atoms with Crippen molar-refractivity contribution < 1.29 is 33.0 Å². The number of nitrogens with zero attached hydrogens (tertiary/aromatic N) is 1. The highest BCUT2D eigenvalue weighted by Crippen LogP contribution is 2.40. The van der Waals surface area contributed by atoms with Gasteiger partial charge in [0.05, 0.1) is 24.1 Å². The van der Waals surface area contributed by atoms with Crippen molar-refractivity contribution in [1.82, 2.24) is 0 Å². The zero-order valence-corrected chi connectivity index (χ0v) is 11.3. The fourth-order valence-electron chi connectivity index (χ4n) is 1.50. The number of nitro groups is 1. The average Bonchev–Trinajstić information content (AvgIpc) is 2.35. The minimum absolute atomic E-state index is 0. The molecular weight excluding hydrogens is 321 g/mol. The van der Waals surface area contributed by atoms with Gasteiger partial charge in [-0.15, -0.1) is 12.4 Å². The van der Waals surface area contributed by atoms with Gasteiger partial charge in [0.1, 0.15) is 0 Å². The van der Waals surface area contributed by atoms with Crippen molar-refractivity contribution in [2.75, 3.05) is 7.11 Å². The normalized spacial score (nSPS) is 14.0. The first-order valence-electron chi connectivity index (χ1n) is 5.15. The first kappa shape index (κ1) is 19.2. The van der Waals surface area contributed by atoms with E-state index < -0.39 is 46.0 Å². The number of nitrogens with two attached hydrogens (primary N) is 1. The van der Waals surface area contributed by atoms with Crippen LogP contribution < -0.4 is 10.5 Å². The van der Waals surface area contributed by atoms with E-state index in [0.29, 0.717) is 6.07 Å². The summed E-state index contributed by atoms with van der Waals surface area (Å²) < 4.78 is 41.8. The lowest BCUT2D eigenvalue weighted by molar-refractivity contribution is -0.385. The Morgan fingerprint density at radius 2 is 1.95 bits per heavy atom. The van der Waals surface area contributed by atoms with Crippen LogP contribution in [0.3, 0.4) is 0 Å². The summed E-state index contributed by atoms with van der Waals surface area (Å²) in [4.78, 5) is 9.77. The van der Waals surface area contributed by atoms with Gasteiger partial charge in [-0.3, -0.25) is 10.1 Å². The fourth-order valence-corrected chi connectivity index (χ4v) is 1.50. The predicted molar refractivity (Wildman–Crippen MR) is 67.6 cm³/mol. The molecular formula is C10H12ClF3N2O5. The molecule has 0 spiro atoms. The third-order valence-corrected chi connectivity index (χ3v) is 2.55. The SMILES string of the molecule is COc1cc([N+](=O)[O-])cc([C@H](N)[C@H](O)C(F)(F)F)c1O.Cl. The quantitative estimate of drug-likeness (QED) is 0.570. The lowest BCUT2D eigenvalue weighted by Crippen LogP contribution is -2.38. The smallest absolute Gasteiger partial charge is 0.416 e. The van der Waals surface area contributed by atoms with E-state index in [1.807, 2.05) is 0 Å². The Morgan fingerprint density at radius 1 is 1.43 bits per heavy atom. The summed E-state index contributed by atoms with van der Waals surface area (Å²) in [6, 6.07) is -0.619. The average molecular weight is 333 g/mol. The molecule has 0 aliphatic carbocycles. The number of methoxy groups -OCH3 is 1. The Hall–Kier alpha value is -1.78. The maximum atomic E-state index is 12.4. The molecule has 0 fully saturated rings. The van der Waals surface area contributed by atoms with E-state index in [2.05, 4.69) is 4.74 Å². The van der Waals surface area contributed by atoms with Gasteiger partial charge in [0.15, 0.2) is 17.6 Å². The van der Waals surface area contributed by atoms with Crippen LogP contribution in [0.1, 0.15) is 11.6 Å². The van der Waals surface area contributed by atoms with Crippen LogP contribution in [0.5, 0.6) is 11.5 Å². The molecule has 0 aromatic heterocycles. The van der Waals surface area contributed by atoms with E-state index in [1.54, 1.807) is 0 Å². The number of hydrogen-bond donors (Lipinski definition) is 3. The zero-order chi connectivity index (χ0) is 15.7. The van der Waals surface area contributed by atoms with Gasteiger partial charge in [-0.05, 0) is 0 Å². The lowest BCUT2D eigenvalue weighted by atomic mass is 9.99. The van der Waals surface area contributed by atoms with Crippen molar-refractivity contribution in [3.8, 4) is 11.5 Å². The first-order chi connectivity index (χ1) is 9.09. The third-order valence-electron chi connectivity index (χ3n) is 2.55. The number of halogens is 4. The topological polar surface area (TPSA) is 119 Å². The molecule has 0 radical (unpaired) electrons. The summed E-state index contributed by atoms with van der Waals surface area (Å²) in [7, 11) is 1.06. The van der Waals surface area contributed by atoms with Gasteiger partial charge in [0.25, 0.3) is 5.69 Å². The molecule has 0 aliphatic rings. The molecule has 2 atom stereocenters. The monoisotopic (exact) mass is 332 g/mol. The molecule has 0 unspecified atom stereocenters. The van der Waals surface area contributed by atoms with E-state index in [1.165, 1.54) is 0 Å². The number of nitro benzene ring substituents is 1. The highest BCUT2D eigenvalue weighted by molar-refractivity contribution is 5.85. The maximum absolute atomic E-state index is 12.4. The molecule has 7 nitrogen and oxygen atoms in total. The van der Waals surface area contributed by atoms with E-state index in [9.17, 15) is 28.4 Å². The molecule has 1 aromatic rings. The largest absolute Gasteiger partial charge is 0.504 e. The highest BCUT2D eigenvalue weighted by Gasteiger charge is 2.44. The van der Waals surface area contributed by atoms with Crippen molar-refractivity contribution >= 4 is 18.1 Å². The Labute approximate surface area is 122 Å². The number of aliphatic hydroxyl groups is 1. The second-order valence-corrected chi connectivity index (χ2v) is 3.86. The molecule has 4 N–H and O–H groups in total. The molecule has 0 heterocycles. The van der Waals surface area contributed by atoms with Gasteiger partial charge in [-0.1, -0.05) is 0 Å². The van der Waals surface area contributed by atoms with Crippen LogP contribution >= 0.6 is 12.4 Å². The van der Waals surface area contributed by atoms with Crippen LogP contribution in [0.15, 0.2) is 12.1 Å². The number of phenolic OH excluding ortho intramolecular Hbond substituents is 1. The van der Waals surface area contributed by atoms with Crippen molar-refractivity contribution in [1.29, 1.82) is 0 Å². The number of hydrogen-bond acceptors (Lipinski definition) is 6. The number of rotatable bonds is 4. The Bertz CT molecular complexity index is 526. The predicted octanol–water partition coefficient (Wildman–Crippen LogP) is 1.65. The van der Waals surface area contributed by atoms with Crippen LogP contribution in [-0.4, -0.2) is 34.5 Å². The highest BCUT2D eigenvalue weighted by atomic mass is 35.5. The van der Waals surface area contributed by atoms with Crippen LogP contribution in [0.2, 0.25) is 0 Å². The second kappa shape index (κ2) is 6.78. The first-order valence-corrected chi connectivity index (χ1v) is 5.15. The minimum atomic E-state index is -5.04. The number of non-ortho nitro benzene ring substituents is 1. The molecule has 0 bridgehead atoms. The number of phenols is 1. The summed E-state index contributed by atoms with van der Waals surface area (Å²) in [6.45, 7) is 0. The van der Waals surface area contributed by atoms with E-state index in [0.717, 1.165) is 13.2 Å². The standard InChI is InChI=1S/C10H11F3N2O5.ClH/c1-20-6-3-4(15(18)19)2-5(8(6)16)7(14)9(17)10(11,12)13;/h2-3,7,9,16-17H,14H2,1H3;1H/t7-,9-;/m0./s1. The summed E-state index contributed by atoms with van der Waals surface area (Å²) in [5, 5.41) is 29.4. The van der Waals surface area contributed by atoms with Crippen molar-refractivity contribution in [2.45, 2.75) is 18.3 Å². The van der Waals surface area contributed by atoms with Gasteiger partial charge in [-0.2, -0.15) is 13.2 Å². The molecule has 11 heteroatoms. The molecule has 1 aromatic carbocycles. The molecule has 1 rings (SSSR count). The van der Waals surface area contributed by atoms with Crippen molar-refractivity contribution in [3.63, 3.8) is 0 Å². The summed E-state index contributed by atoms with van der Waals surface area (Å²) in [5.41, 5.74) is 3.95. The van der Waals surface area contributed by atoms with E-state index >= 15 is 0 Å². The van der Waals surface area contributed by atoms with Gasteiger partial charge in [0.2, 0.25) is 0 Å². The molecule has 0 saturated carbocycles. The summed E-state index contributed by atoms with van der Waals surface area (Å²) in [6.07, 6.45) is -8.02. The van der Waals surface area contributed by atoms with Crippen molar-refractivity contribution in [2.24, 2.45) is 5.73 Å². The fraction of sp³-hybridized carbons (Fsp3) is 0.400. The number of alkyl halides is 3. The van der Waals surface area contributed by atoms with Gasteiger partial charge >= 0.3 is 6.18 Å². The second-order valence-electron chi connectivity index (χ2n) is 3.86. The Morgan fingerprint density at radius 3 is 2.33 bits per heavy atom. The number of aliphatic hydroxyl groups excluding tert-OH is 1. The zero-order valence-electron chi connectivity index (χ0n) is 10.5. The Kier molecular flexibility index (Phi) is 6.21. The minimum Gasteiger partial charge on any atom is -0.504 e. The van der Waals surface area contributed by atoms with Gasteiger partial charge in [-0.25, -0.2) is 0 Å². The summed E-state index contributed by atoms with van der Waals surface area (Å²) in [5.74, 6) is -1.21. The van der Waals surface area contributed by atoms with Crippen LogP contribution in [-0.2, 0) is 0 Å². The van der Waals surface area contributed by atoms with Gasteiger partial charge < -0.3 is 20.7 Å². The van der Waals surface area contributed by atoms with E-state index in [-0.39, 0.29) is 12.4 Å². The van der Waals surface area contributed by atoms with Crippen LogP contribution in [0.25, 0.3) is 0 Å². The molecule has 120 valence electrons. The maximum Gasteiger partial charge on any atom is 0.416 e. The Balaban J connectivity index is 0.00000400. The molecule has 21 heavy (non-hydrogen) atoms.